The predicted molar refractivity (Wildman–Crippen MR) is 202 cm³/mol. The molecule has 9 aromatic rings. The topological polar surface area (TPSA) is 42.9 Å². The first-order valence-corrected chi connectivity index (χ1v) is 17.8. The van der Waals surface area contributed by atoms with Gasteiger partial charge in [-0.25, -0.2) is 4.98 Å². The Balaban J connectivity index is 1.23. The van der Waals surface area contributed by atoms with E-state index in [0.717, 1.165) is 81.6 Å². The van der Waals surface area contributed by atoms with Gasteiger partial charge in [-0.3, -0.25) is 4.98 Å². The first kappa shape index (κ1) is 28.3. The van der Waals surface area contributed by atoms with Gasteiger partial charge < -0.3 is 4.57 Å². The van der Waals surface area contributed by atoms with E-state index in [1.54, 1.807) is 0 Å². The fourth-order valence-electron chi connectivity index (χ4n) is 7.13. The fourth-order valence-corrected chi connectivity index (χ4v) is 9.77. The van der Waals surface area contributed by atoms with E-state index in [4.69, 9.17) is 9.97 Å². The van der Waals surface area contributed by atoms with Crippen molar-refractivity contribution in [2.75, 3.05) is 0 Å². The molecular weight excluding hydrogens is 603 g/mol. The summed E-state index contributed by atoms with van der Waals surface area (Å²) in [5.74, 6) is 0. The van der Waals surface area contributed by atoms with Gasteiger partial charge in [-0.15, -0.1) is 0 Å². The summed E-state index contributed by atoms with van der Waals surface area (Å²) in [6.45, 7) is 0. The van der Waals surface area contributed by atoms with Crippen LogP contribution in [0.3, 0.4) is 0 Å². The predicted octanol–water partition coefficient (Wildman–Crippen LogP) is 10.1. The Morgan fingerprint density at radius 1 is 0.417 bits per heavy atom. The molecule has 0 aliphatic carbocycles. The highest BCUT2D eigenvalue weighted by atomic mass is 31.2. The summed E-state index contributed by atoms with van der Waals surface area (Å²) in [4.78, 5) is 9.87. The van der Waals surface area contributed by atoms with Crippen LogP contribution in [0.25, 0.3) is 65.7 Å². The van der Waals surface area contributed by atoms with Crippen molar-refractivity contribution in [3.63, 3.8) is 0 Å². The summed E-state index contributed by atoms with van der Waals surface area (Å²) in [7, 11) is -3.06. The molecule has 0 saturated heterocycles. The molecule has 48 heavy (non-hydrogen) atoms. The molecule has 0 bridgehead atoms. The highest BCUT2D eigenvalue weighted by Gasteiger charge is 2.29. The zero-order valence-corrected chi connectivity index (χ0v) is 26.9. The average molecular weight is 633 g/mol. The normalized spacial score (nSPS) is 11.8. The second-order valence-electron chi connectivity index (χ2n) is 12.1. The molecule has 7 aromatic carbocycles. The van der Waals surface area contributed by atoms with E-state index < -0.39 is 7.14 Å². The molecule has 3 nitrogen and oxygen atoms in total. The molecule has 226 valence electrons. The van der Waals surface area contributed by atoms with Crippen LogP contribution >= 0.6 is 7.14 Å². The summed E-state index contributed by atoms with van der Waals surface area (Å²) in [6, 6.07) is 57.8. The van der Waals surface area contributed by atoms with Gasteiger partial charge in [-0.05, 0) is 39.6 Å². The van der Waals surface area contributed by atoms with E-state index in [1.165, 1.54) is 0 Å². The van der Waals surface area contributed by atoms with Crippen LogP contribution in [0.15, 0.2) is 176 Å². The Bertz CT molecular complexity index is 2640. The maximum absolute atomic E-state index is 15.0. The molecule has 0 atom stereocenters. The highest BCUT2D eigenvalue weighted by molar-refractivity contribution is 7.85. The Labute approximate surface area is 278 Å². The minimum Gasteiger partial charge on any atom is -0.309 e. The average Bonchev–Trinajstić information content (AvgIpc) is 3.17. The molecule has 2 aromatic heterocycles. The van der Waals surface area contributed by atoms with Crippen LogP contribution in [0.2, 0.25) is 0 Å². The van der Waals surface area contributed by atoms with Crippen molar-refractivity contribution < 1.29 is 4.57 Å². The molecule has 0 N–H and O–H groups in total. The minimum absolute atomic E-state index is 0.820. The van der Waals surface area contributed by atoms with Gasteiger partial charge >= 0.3 is 0 Å². The summed E-state index contributed by atoms with van der Waals surface area (Å²) in [5, 5.41) is 8.07. The van der Waals surface area contributed by atoms with Crippen molar-refractivity contribution in [1.82, 2.24) is 9.97 Å². The third kappa shape index (κ3) is 4.47. The molecule has 0 saturated carbocycles. The third-order valence-corrected chi connectivity index (χ3v) is 12.5. The molecule has 0 aliphatic rings. The van der Waals surface area contributed by atoms with Crippen LogP contribution in [0.1, 0.15) is 0 Å². The quantitative estimate of drug-likeness (QED) is 0.108. The van der Waals surface area contributed by atoms with Crippen molar-refractivity contribution >= 4 is 66.5 Å². The summed E-state index contributed by atoms with van der Waals surface area (Å²) in [5.41, 5.74) is 7.29. The maximum Gasteiger partial charge on any atom is 0.171 e. The lowest BCUT2D eigenvalue weighted by Gasteiger charge is -2.20. The van der Waals surface area contributed by atoms with E-state index in [2.05, 4.69) is 84.9 Å². The first-order chi connectivity index (χ1) is 23.7. The largest absolute Gasteiger partial charge is 0.309 e. The molecule has 2 heterocycles. The molecule has 4 heteroatoms. The van der Waals surface area contributed by atoms with Crippen molar-refractivity contribution in [3.8, 4) is 22.3 Å². The molecular formula is C44H29N2OP. The van der Waals surface area contributed by atoms with Gasteiger partial charge in [0.15, 0.2) is 7.14 Å². The van der Waals surface area contributed by atoms with E-state index >= 15 is 0 Å². The summed E-state index contributed by atoms with van der Waals surface area (Å²) in [6.07, 6.45) is 1.84. The number of fused-ring (bicyclic) bond motifs is 5. The summed E-state index contributed by atoms with van der Waals surface area (Å²) >= 11 is 0. The third-order valence-electron chi connectivity index (χ3n) is 9.40. The second-order valence-corrected chi connectivity index (χ2v) is 14.8. The number of pyridine rings is 2. The van der Waals surface area contributed by atoms with Gasteiger partial charge in [-0.1, -0.05) is 158 Å². The van der Waals surface area contributed by atoms with Gasteiger partial charge in [0.25, 0.3) is 0 Å². The minimum atomic E-state index is -3.06. The first-order valence-electron chi connectivity index (χ1n) is 16.1. The number of nitrogens with zero attached hydrogens (tertiary/aromatic N) is 2. The number of aromatic nitrogens is 2. The molecule has 0 fully saturated rings. The number of hydrogen-bond acceptors (Lipinski definition) is 3. The van der Waals surface area contributed by atoms with Gasteiger partial charge in [0.1, 0.15) is 0 Å². The number of rotatable bonds is 5. The van der Waals surface area contributed by atoms with Crippen molar-refractivity contribution in [2.45, 2.75) is 0 Å². The van der Waals surface area contributed by atoms with Gasteiger partial charge in [0, 0.05) is 43.8 Å². The zero-order valence-electron chi connectivity index (χ0n) is 26.0. The van der Waals surface area contributed by atoms with Crippen LogP contribution in [-0.4, -0.2) is 9.97 Å². The molecule has 0 radical (unpaired) electrons. The lowest BCUT2D eigenvalue weighted by Crippen LogP contribution is -2.24. The molecule has 0 unspecified atom stereocenters. The van der Waals surface area contributed by atoms with Gasteiger partial charge in [0.05, 0.1) is 16.6 Å². The Hall–Kier alpha value is -5.89. The Kier molecular flexibility index (Phi) is 6.74. The fraction of sp³-hybridized carbons (Fsp3) is 0. The van der Waals surface area contributed by atoms with Crippen molar-refractivity contribution in [1.29, 1.82) is 0 Å². The molecule has 9 rings (SSSR count). The van der Waals surface area contributed by atoms with Gasteiger partial charge in [0.2, 0.25) is 0 Å². The highest BCUT2D eigenvalue weighted by Crippen LogP contribution is 2.44. The summed E-state index contributed by atoms with van der Waals surface area (Å²) < 4.78 is 15.0. The van der Waals surface area contributed by atoms with Crippen LogP contribution < -0.4 is 15.9 Å². The second kappa shape index (κ2) is 11.4. The van der Waals surface area contributed by atoms with E-state index in [1.807, 2.05) is 91.1 Å². The van der Waals surface area contributed by atoms with Crippen LogP contribution in [0, 0.1) is 0 Å². The van der Waals surface area contributed by atoms with E-state index in [0.29, 0.717) is 0 Å². The lowest BCUT2D eigenvalue weighted by molar-refractivity contribution is 0.592. The van der Waals surface area contributed by atoms with Crippen LogP contribution in [-0.2, 0) is 4.57 Å². The molecule has 0 spiro atoms. The standard InChI is InChI=1S/C44H29N2OP/c47-48(32-13-3-1-4-14-32,33-15-5-2-6-16-33)34-24-21-30(22-25-34)35-27-28-38(37-18-8-7-17-36(35)37)42-39-19-9-10-20-41(39)46-44-40(42)26-23-31-12-11-29-45-43(31)44/h1-29H. The maximum atomic E-state index is 15.0. The number of benzene rings is 7. The Morgan fingerprint density at radius 3 is 1.71 bits per heavy atom. The number of hydrogen-bond donors (Lipinski definition) is 0. The zero-order chi connectivity index (χ0) is 32.1. The van der Waals surface area contributed by atoms with Gasteiger partial charge in [-0.2, -0.15) is 0 Å². The smallest absolute Gasteiger partial charge is 0.171 e. The Morgan fingerprint density at radius 2 is 1.00 bits per heavy atom. The molecule has 0 aliphatic heterocycles. The van der Waals surface area contributed by atoms with Crippen LogP contribution in [0.4, 0.5) is 0 Å². The lowest BCUT2D eigenvalue weighted by atomic mass is 9.89. The van der Waals surface area contributed by atoms with Crippen LogP contribution in [0.5, 0.6) is 0 Å². The van der Waals surface area contributed by atoms with Crippen molar-refractivity contribution in [2.24, 2.45) is 0 Å². The van der Waals surface area contributed by atoms with Crippen molar-refractivity contribution in [3.05, 3.63) is 176 Å². The monoisotopic (exact) mass is 632 g/mol. The van der Waals surface area contributed by atoms with E-state index in [9.17, 15) is 4.57 Å². The van der Waals surface area contributed by atoms with E-state index in [-0.39, 0.29) is 0 Å². The number of para-hydroxylation sites is 1. The SMILES string of the molecule is O=P(c1ccccc1)(c1ccccc1)c1ccc(-c2ccc(-c3c4ccccc4nc4c3ccc3cccnc34)c3ccccc23)cc1. The molecule has 0 amide bonds.